The molecule has 1 aromatic rings. The van der Waals surface area contributed by atoms with Gasteiger partial charge < -0.3 is 5.11 Å². The summed E-state index contributed by atoms with van der Waals surface area (Å²) in [6.07, 6.45) is 0. The zero-order valence-electron chi connectivity index (χ0n) is 8.53. The highest BCUT2D eigenvalue weighted by molar-refractivity contribution is 9.10. The van der Waals surface area contributed by atoms with Crippen molar-refractivity contribution in [3.63, 3.8) is 0 Å². The quantitative estimate of drug-likeness (QED) is 0.680. The highest BCUT2D eigenvalue weighted by Gasteiger charge is 2.23. The highest BCUT2D eigenvalue weighted by Crippen LogP contribution is 2.32. The van der Waals surface area contributed by atoms with Gasteiger partial charge in [-0.1, -0.05) is 35.8 Å². The van der Waals surface area contributed by atoms with Gasteiger partial charge in [0.2, 0.25) is 0 Å². The standard InChI is InChI=1S/C10H12BrNO3/c1-10(2,6-13)8-4-3-7(12(14)15)5-9(8)11/h3-5,13H,6H2,1-2H3. The fourth-order valence-corrected chi connectivity index (χ4v) is 2.16. The van der Waals surface area contributed by atoms with Gasteiger partial charge in [-0.15, -0.1) is 0 Å². The van der Waals surface area contributed by atoms with Crippen LogP contribution in [0.25, 0.3) is 0 Å². The third-order valence-electron chi connectivity index (χ3n) is 2.29. The van der Waals surface area contributed by atoms with Gasteiger partial charge in [-0.3, -0.25) is 10.1 Å². The maximum atomic E-state index is 10.5. The Morgan fingerprint density at radius 3 is 2.53 bits per heavy atom. The normalized spacial score (nSPS) is 11.5. The molecule has 0 aromatic heterocycles. The third-order valence-corrected chi connectivity index (χ3v) is 2.94. The number of hydrogen-bond donors (Lipinski definition) is 1. The molecule has 0 aliphatic carbocycles. The zero-order valence-corrected chi connectivity index (χ0v) is 10.1. The summed E-state index contributed by atoms with van der Waals surface area (Å²) in [5.74, 6) is 0. The van der Waals surface area contributed by atoms with Crippen molar-refractivity contribution in [1.82, 2.24) is 0 Å². The predicted molar refractivity (Wildman–Crippen MR) is 60.9 cm³/mol. The molecule has 0 unspecified atom stereocenters. The molecule has 0 heterocycles. The zero-order chi connectivity index (χ0) is 11.6. The van der Waals surface area contributed by atoms with E-state index in [-0.39, 0.29) is 12.3 Å². The van der Waals surface area contributed by atoms with Gasteiger partial charge in [-0.05, 0) is 5.56 Å². The Morgan fingerprint density at radius 2 is 2.13 bits per heavy atom. The van der Waals surface area contributed by atoms with E-state index in [1.54, 1.807) is 6.07 Å². The summed E-state index contributed by atoms with van der Waals surface area (Å²) in [5.41, 5.74) is 0.489. The van der Waals surface area contributed by atoms with E-state index in [2.05, 4.69) is 15.9 Å². The number of nitrogens with zero attached hydrogens (tertiary/aromatic N) is 1. The summed E-state index contributed by atoms with van der Waals surface area (Å²) >= 11 is 3.28. The molecule has 0 spiro atoms. The van der Waals surface area contributed by atoms with Gasteiger partial charge in [0, 0.05) is 22.0 Å². The van der Waals surface area contributed by atoms with Crippen molar-refractivity contribution >= 4 is 21.6 Å². The first-order valence-electron chi connectivity index (χ1n) is 4.44. The van der Waals surface area contributed by atoms with Crippen molar-refractivity contribution in [3.05, 3.63) is 38.3 Å². The molecular weight excluding hydrogens is 262 g/mol. The SMILES string of the molecule is CC(C)(CO)c1ccc([N+](=O)[O-])cc1Br. The average molecular weight is 274 g/mol. The van der Waals surface area contributed by atoms with Crippen LogP contribution in [0.3, 0.4) is 0 Å². The minimum Gasteiger partial charge on any atom is -0.395 e. The molecule has 1 aromatic carbocycles. The van der Waals surface area contributed by atoms with Gasteiger partial charge >= 0.3 is 0 Å². The van der Waals surface area contributed by atoms with E-state index in [1.807, 2.05) is 13.8 Å². The first-order chi connectivity index (χ1) is 6.88. The van der Waals surface area contributed by atoms with Gasteiger partial charge in [0.05, 0.1) is 11.5 Å². The highest BCUT2D eigenvalue weighted by atomic mass is 79.9. The lowest BCUT2D eigenvalue weighted by molar-refractivity contribution is -0.385. The number of aliphatic hydroxyl groups excluding tert-OH is 1. The summed E-state index contributed by atoms with van der Waals surface area (Å²) in [5, 5.41) is 19.7. The van der Waals surface area contributed by atoms with Crippen LogP contribution in [0.4, 0.5) is 5.69 Å². The number of nitro groups is 1. The maximum Gasteiger partial charge on any atom is 0.270 e. The van der Waals surface area contributed by atoms with Crippen LogP contribution < -0.4 is 0 Å². The van der Waals surface area contributed by atoms with E-state index in [9.17, 15) is 15.2 Å². The Hall–Kier alpha value is -0.940. The van der Waals surface area contributed by atoms with E-state index in [0.717, 1.165) is 5.56 Å². The van der Waals surface area contributed by atoms with E-state index >= 15 is 0 Å². The van der Waals surface area contributed by atoms with Crippen molar-refractivity contribution in [2.45, 2.75) is 19.3 Å². The average Bonchev–Trinajstić information content (AvgIpc) is 2.17. The predicted octanol–water partition coefficient (Wildman–Crippen LogP) is 2.63. The van der Waals surface area contributed by atoms with Crippen LogP contribution in [0.15, 0.2) is 22.7 Å². The minimum absolute atomic E-state index is 0.0105. The van der Waals surface area contributed by atoms with Crippen LogP contribution in [0.5, 0.6) is 0 Å². The largest absolute Gasteiger partial charge is 0.395 e. The maximum absolute atomic E-state index is 10.5. The number of non-ortho nitro benzene ring substituents is 1. The van der Waals surface area contributed by atoms with Gasteiger partial charge in [0.15, 0.2) is 0 Å². The summed E-state index contributed by atoms with van der Waals surface area (Å²) in [4.78, 5) is 10.1. The topological polar surface area (TPSA) is 63.4 Å². The number of nitro benzene ring substituents is 1. The fraction of sp³-hybridized carbons (Fsp3) is 0.400. The van der Waals surface area contributed by atoms with Gasteiger partial charge in [0.25, 0.3) is 5.69 Å². The van der Waals surface area contributed by atoms with Crippen molar-refractivity contribution in [3.8, 4) is 0 Å². The smallest absolute Gasteiger partial charge is 0.270 e. The molecule has 0 aliphatic heterocycles. The lowest BCUT2D eigenvalue weighted by Gasteiger charge is -2.23. The molecule has 82 valence electrons. The third kappa shape index (κ3) is 2.54. The lowest BCUT2D eigenvalue weighted by atomic mass is 9.85. The van der Waals surface area contributed by atoms with Crippen molar-refractivity contribution < 1.29 is 10.0 Å². The summed E-state index contributed by atoms with van der Waals surface area (Å²) in [6, 6.07) is 4.56. The molecular formula is C10H12BrNO3. The van der Waals surface area contributed by atoms with Gasteiger partial charge in [-0.25, -0.2) is 0 Å². The second-order valence-corrected chi connectivity index (χ2v) is 4.82. The number of benzene rings is 1. The van der Waals surface area contributed by atoms with Crippen molar-refractivity contribution in [1.29, 1.82) is 0 Å². The van der Waals surface area contributed by atoms with E-state index < -0.39 is 10.3 Å². The van der Waals surface area contributed by atoms with Crippen LogP contribution in [-0.2, 0) is 5.41 Å². The van der Waals surface area contributed by atoms with Crippen LogP contribution in [0.1, 0.15) is 19.4 Å². The molecule has 0 bridgehead atoms. The molecule has 1 N–H and O–H groups in total. The lowest BCUT2D eigenvalue weighted by Crippen LogP contribution is -2.22. The Morgan fingerprint density at radius 1 is 1.53 bits per heavy atom. The second kappa shape index (κ2) is 4.28. The fourth-order valence-electron chi connectivity index (χ4n) is 1.25. The van der Waals surface area contributed by atoms with Crippen molar-refractivity contribution in [2.24, 2.45) is 0 Å². The summed E-state index contributed by atoms with van der Waals surface area (Å²) in [7, 11) is 0. The van der Waals surface area contributed by atoms with Gasteiger partial charge in [-0.2, -0.15) is 0 Å². The number of halogens is 1. The van der Waals surface area contributed by atoms with E-state index in [0.29, 0.717) is 4.47 Å². The van der Waals surface area contributed by atoms with E-state index in [1.165, 1.54) is 12.1 Å². The first-order valence-corrected chi connectivity index (χ1v) is 5.23. The summed E-state index contributed by atoms with van der Waals surface area (Å²) < 4.78 is 0.649. The summed E-state index contributed by atoms with van der Waals surface area (Å²) in [6.45, 7) is 3.74. The molecule has 0 saturated carbocycles. The minimum atomic E-state index is -0.444. The molecule has 0 fully saturated rings. The number of rotatable bonds is 3. The molecule has 0 atom stereocenters. The Balaban J connectivity index is 3.19. The van der Waals surface area contributed by atoms with E-state index in [4.69, 9.17) is 0 Å². The molecule has 0 radical (unpaired) electrons. The first kappa shape index (κ1) is 12.1. The molecule has 0 saturated heterocycles. The second-order valence-electron chi connectivity index (χ2n) is 3.96. The Kier molecular flexibility index (Phi) is 3.46. The molecule has 0 aliphatic rings. The molecule has 1 rings (SSSR count). The molecule has 5 heteroatoms. The number of hydrogen-bond acceptors (Lipinski definition) is 3. The van der Waals surface area contributed by atoms with Gasteiger partial charge in [0.1, 0.15) is 0 Å². The van der Waals surface area contributed by atoms with Crippen LogP contribution in [-0.4, -0.2) is 16.6 Å². The monoisotopic (exact) mass is 273 g/mol. The Labute approximate surface area is 96.2 Å². The molecule has 4 nitrogen and oxygen atoms in total. The van der Waals surface area contributed by atoms with Crippen molar-refractivity contribution in [2.75, 3.05) is 6.61 Å². The number of aliphatic hydroxyl groups is 1. The molecule has 0 amide bonds. The van der Waals surface area contributed by atoms with Crippen LogP contribution in [0, 0.1) is 10.1 Å². The van der Waals surface area contributed by atoms with Crippen LogP contribution in [0.2, 0.25) is 0 Å². The Bertz CT molecular complexity index is 390. The van der Waals surface area contributed by atoms with Crippen LogP contribution >= 0.6 is 15.9 Å². The molecule has 15 heavy (non-hydrogen) atoms.